The SMILES string of the molecule is Cc1cc(Br)ccc1Cc1c(C(=O)COCCO)cn(C)c(=O)c1C. The second-order valence-corrected chi connectivity index (χ2v) is 6.93. The van der Waals surface area contributed by atoms with E-state index < -0.39 is 0 Å². The molecule has 0 saturated carbocycles. The second-order valence-electron chi connectivity index (χ2n) is 6.01. The van der Waals surface area contributed by atoms with Gasteiger partial charge in [0.15, 0.2) is 5.78 Å². The normalized spacial score (nSPS) is 10.9. The number of pyridine rings is 1. The lowest BCUT2D eigenvalue weighted by atomic mass is 9.93. The number of hydrogen-bond acceptors (Lipinski definition) is 4. The number of carbonyl (C=O) groups excluding carboxylic acids is 1. The topological polar surface area (TPSA) is 68.5 Å². The van der Waals surface area contributed by atoms with Crippen molar-refractivity contribution in [1.82, 2.24) is 4.57 Å². The van der Waals surface area contributed by atoms with E-state index >= 15 is 0 Å². The van der Waals surface area contributed by atoms with Crippen LogP contribution in [-0.2, 0) is 18.2 Å². The Kier molecular flexibility index (Phi) is 6.70. The van der Waals surface area contributed by atoms with Crippen LogP contribution in [0.3, 0.4) is 0 Å². The number of ketones is 1. The molecular weight excluding hydrogens is 386 g/mol. The molecule has 0 bridgehead atoms. The summed E-state index contributed by atoms with van der Waals surface area (Å²) in [6, 6.07) is 5.95. The standard InChI is InChI=1S/C19H22BrNO4/c1-12-8-15(20)5-4-14(12)9-16-13(2)19(24)21(3)10-17(16)18(23)11-25-7-6-22/h4-5,8,10,22H,6-7,9,11H2,1-3H3. The van der Waals surface area contributed by atoms with Gasteiger partial charge in [-0.1, -0.05) is 22.0 Å². The van der Waals surface area contributed by atoms with Gasteiger partial charge in [0.2, 0.25) is 0 Å². The number of hydrogen-bond donors (Lipinski definition) is 1. The van der Waals surface area contributed by atoms with Crippen LogP contribution in [0.4, 0.5) is 0 Å². The molecule has 2 rings (SSSR count). The highest BCUT2D eigenvalue weighted by molar-refractivity contribution is 9.10. The van der Waals surface area contributed by atoms with Gasteiger partial charge in [-0.25, -0.2) is 0 Å². The van der Waals surface area contributed by atoms with E-state index in [9.17, 15) is 9.59 Å². The molecule has 0 spiro atoms. The average Bonchev–Trinajstić information content (AvgIpc) is 2.57. The Morgan fingerprint density at radius 2 is 2.04 bits per heavy atom. The number of aromatic nitrogens is 1. The number of aliphatic hydroxyl groups is 1. The molecule has 1 N–H and O–H groups in total. The zero-order valence-electron chi connectivity index (χ0n) is 14.6. The monoisotopic (exact) mass is 407 g/mol. The van der Waals surface area contributed by atoms with Crippen molar-refractivity contribution in [1.29, 1.82) is 0 Å². The zero-order chi connectivity index (χ0) is 18.6. The van der Waals surface area contributed by atoms with Gasteiger partial charge in [0, 0.05) is 28.8 Å². The van der Waals surface area contributed by atoms with Crippen molar-refractivity contribution in [3.63, 3.8) is 0 Å². The maximum absolute atomic E-state index is 12.6. The first kappa shape index (κ1) is 19.6. The van der Waals surface area contributed by atoms with Crippen molar-refractivity contribution in [2.45, 2.75) is 20.3 Å². The minimum Gasteiger partial charge on any atom is -0.394 e. The molecule has 0 atom stereocenters. The highest BCUT2D eigenvalue weighted by atomic mass is 79.9. The average molecular weight is 408 g/mol. The number of nitrogens with zero attached hydrogens (tertiary/aromatic N) is 1. The maximum Gasteiger partial charge on any atom is 0.253 e. The number of rotatable bonds is 7. The van der Waals surface area contributed by atoms with Crippen LogP contribution in [0.1, 0.15) is 32.6 Å². The van der Waals surface area contributed by atoms with Crippen LogP contribution >= 0.6 is 15.9 Å². The maximum atomic E-state index is 12.6. The van der Waals surface area contributed by atoms with Gasteiger partial charge in [-0.05, 0) is 49.1 Å². The number of Topliss-reactive ketones (excluding diaryl/α,β-unsaturated/α-hetero) is 1. The van der Waals surface area contributed by atoms with Crippen molar-refractivity contribution in [3.05, 3.63) is 67.0 Å². The summed E-state index contributed by atoms with van der Waals surface area (Å²) in [7, 11) is 1.63. The van der Waals surface area contributed by atoms with E-state index in [1.165, 1.54) is 4.57 Å². The predicted octanol–water partition coefficient (Wildman–Crippen LogP) is 2.55. The highest BCUT2D eigenvalue weighted by Crippen LogP contribution is 2.22. The Labute approximate surface area is 155 Å². The van der Waals surface area contributed by atoms with Crippen LogP contribution in [0, 0.1) is 13.8 Å². The van der Waals surface area contributed by atoms with E-state index in [1.807, 2.05) is 25.1 Å². The number of halogens is 1. The van der Waals surface area contributed by atoms with E-state index in [-0.39, 0.29) is 31.2 Å². The molecule has 0 aliphatic rings. The van der Waals surface area contributed by atoms with Crippen LogP contribution < -0.4 is 5.56 Å². The van der Waals surface area contributed by atoms with Gasteiger partial charge >= 0.3 is 0 Å². The molecule has 0 radical (unpaired) electrons. The fourth-order valence-corrected chi connectivity index (χ4v) is 3.22. The number of ether oxygens (including phenoxy) is 1. The minimum absolute atomic E-state index is 0.109. The molecule has 1 aromatic carbocycles. The summed E-state index contributed by atoms with van der Waals surface area (Å²) in [4.78, 5) is 24.9. The van der Waals surface area contributed by atoms with Gasteiger partial charge in [0.1, 0.15) is 6.61 Å². The first-order valence-corrected chi connectivity index (χ1v) is 8.80. The Morgan fingerprint density at radius 3 is 2.68 bits per heavy atom. The quantitative estimate of drug-likeness (QED) is 0.565. The molecular formula is C19H22BrNO4. The summed E-state index contributed by atoms with van der Waals surface area (Å²) >= 11 is 3.45. The van der Waals surface area contributed by atoms with Gasteiger partial charge in [0.25, 0.3) is 5.56 Å². The minimum atomic E-state index is -0.197. The highest BCUT2D eigenvalue weighted by Gasteiger charge is 2.18. The van der Waals surface area contributed by atoms with Crippen LogP contribution in [0.15, 0.2) is 33.7 Å². The molecule has 0 fully saturated rings. The Hall–Kier alpha value is -1.76. The van der Waals surface area contributed by atoms with E-state index in [1.54, 1.807) is 20.2 Å². The molecule has 0 saturated heterocycles. The van der Waals surface area contributed by atoms with E-state index in [4.69, 9.17) is 9.84 Å². The van der Waals surface area contributed by atoms with Crippen LogP contribution in [0.5, 0.6) is 0 Å². The molecule has 1 aromatic heterocycles. The molecule has 1 heterocycles. The molecule has 6 heteroatoms. The molecule has 0 aliphatic heterocycles. The third kappa shape index (κ3) is 4.66. The van der Waals surface area contributed by atoms with Gasteiger partial charge in [-0.3, -0.25) is 9.59 Å². The van der Waals surface area contributed by atoms with E-state index in [2.05, 4.69) is 15.9 Å². The molecule has 5 nitrogen and oxygen atoms in total. The molecule has 0 amide bonds. The van der Waals surface area contributed by atoms with Crippen LogP contribution in [0.2, 0.25) is 0 Å². The fourth-order valence-electron chi connectivity index (χ4n) is 2.75. The summed E-state index contributed by atoms with van der Waals surface area (Å²) in [5.41, 5.74) is 3.82. The summed E-state index contributed by atoms with van der Waals surface area (Å²) in [5, 5.41) is 8.79. The number of aryl methyl sites for hydroxylation is 2. The number of aliphatic hydroxyl groups excluding tert-OH is 1. The smallest absolute Gasteiger partial charge is 0.253 e. The van der Waals surface area contributed by atoms with E-state index in [0.717, 1.165) is 21.2 Å². The lowest BCUT2D eigenvalue weighted by Crippen LogP contribution is -2.25. The van der Waals surface area contributed by atoms with Crippen LogP contribution in [-0.4, -0.2) is 35.3 Å². The zero-order valence-corrected chi connectivity index (χ0v) is 16.2. The van der Waals surface area contributed by atoms with Crippen LogP contribution in [0.25, 0.3) is 0 Å². The molecule has 0 unspecified atom stereocenters. The Bertz CT molecular complexity index is 842. The Morgan fingerprint density at radius 1 is 1.32 bits per heavy atom. The van der Waals surface area contributed by atoms with Gasteiger partial charge in [-0.15, -0.1) is 0 Å². The molecule has 25 heavy (non-hydrogen) atoms. The largest absolute Gasteiger partial charge is 0.394 e. The van der Waals surface area contributed by atoms with Crippen molar-refractivity contribution in [2.24, 2.45) is 7.05 Å². The second kappa shape index (κ2) is 8.56. The van der Waals surface area contributed by atoms with Crippen molar-refractivity contribution in [3.8, 4) is 0 Å². The lowest BCUT2D eigenvalue weighted by molar-refractivity contribution is 0.0662. The van der Waals surface area contributed by atoms with Crippen molar-refractivity contribution in [2.75, 3.05) is 19.8 Å². The van der Waals surface area contributed by atoms with Gasteiger partial charge in [0.05, 0.1) is 13.2 Å². The van der Waals surface area contributed by atoms with Gasteiger partial charge in [-0.2, -0.15) is 0 Å². The first-order valence-electron chi connectivity index (χ1n) is 8.01. The summed E-state index contributed by atoms with van der Waals surface area (Å²) < 4.78 is 7.57. The summed E-state index contributed by atoms with van der Waals surface area (Å²) in [6.45, 7) is 3.60. The fraction of sp³-hybridized carbons (Fsp3) is 0.368. The predicted molar refractivity (Wildman–Crippen MR) is 100 cm³/mol. The van der Waals surface area contributed by atoms with Crippen molar-refractivity contribution >= 4 is 21.7 Å². The molecule has 134 valence electrons. The first-order chi connectivity index (χ1) is 11.8. The molecule has 0 aliphatic carbocycles. The number of carbonyl (C=O) groups is 1. The molecule has 2 aromatic rings. The third-order valence-corrected chi connectivity index (χ3v) is 4.68. The van der Waals surface area contributed by atoms with E-state index in [0.29, 0.717) is 17.5 Å². The van der Waals surface area contributed by atoms with Gasteiger partial charge < -0.3 is 14.4 Å². The third-order valence-electron chi connectivity index (χ3n) is 4.18. The van der Waals surface area contributed by atoms with Crippen molar-refractivity contribution < 1.29 is 14.6 Å². The summed E-state index contributed by atoms with van der Waals surface area (Å²) in [6.07, 6.45) is 2.07. The Balaban J connectivity index is 2.45. The number of benzene rings is 1. The lowest BCUT2D eigenvalue weighted by Gasteiger charge is -2.15. The summed E-state index contributed by atoms with van der Waals surface area (Å²) in [5.74, 6) is -0.197.